The summed E-state index contributed by atoms with van der Waals surface area (Å²) in [5.74, 6) is -0.167. The molecule has 0 saturated carbocycles. The second-order valence-electron chi connectivity index (χ2n) is 4.98. The summed E-state index contributed by atoms with van der Waals surface area (Å²) in [5, 5.41) is 10.7. The molecule has 4 aromatic rings. The molecule has 112 valence electrons. The number of thiazole rings is 1. The molecule has 0 N–H and O–H groups in total. The van der Waals surface area contributed by atoms with Gasteiger partial charge in [0.15, 0.2) is 4.96 Å². The normalized spacial score (nSPS) is 11.1. The Balaban J connectivity index is 1.75. The van der Waals surface area contributed by atoms with Gasteiger partial charge in [-0.25, -0.2) is 4.98 Å². The van der Waals surface area contributed by atoms with E-state index in [2.05, 4.69) is 4.98 Å². The molecular formula is C16H9N3O3S. The molecule has 0 bridgehead atoms. The lowest BCUT2D eigenvalue weighted by molar-refractivity contribution is -0.384. The van der Waals surface area contributed by atoms with Gasteiger partial charge >= 0.3 is 0 Å². The molecule has 0 aliphatic heterocycles. The van der Waals surface area contributed by atoms with Crippen molar-refractivity contribution in [2.24, 2.45) is 0 Å². The van der Waals surface area contributed by atoms with Gasteiger partial charge in [0, 0.05) is 23.9 Å². The Labute approximate surface area is 133 Å². The summed E-state index contributed by atoms with van der Waals surface area (Å²) in [5.41, 5.74) is 2.22. The highest BCUT2D eigenvalue weighted by Gasteiger charge is 2.16. The summed E-state index contributed by atoms with van der Waals surface area (Å²) in [6.45, 7) is 0. The first-order valence-corrected chi connectivity index (χ1v) is 7.61. The first-order chi connectivity index (χ1) is 11.1. The van der Waals surface area contributed by atoms with Gasteiger partial charge in [0.05, 0.1) is 20.8 Å². The van der Waals surface area contributed by atoms with Crippen LogP contribution in [0, 0.1) is 10.1 Å². The van der Waals surface area contributed by atoms with Gasteiger partial charge in [-0.3, -0.25) is 19.3 Å². The molecule has 4 rings (SSSR count). The van der Waals surface area contributed by atoms with Crippen LogP contribution in [0.4, 0.5) is 5.69 Å². The van der Waals surface area contributed by atoms with Crippen molar-refractivity contribution in [2.75, 3.05) is 0 Å². The molecule has 0 aliphatic carbocycles. The van der Waals surface area contributed by atoms with Crippen LogP contribution in [0.5, 0.6) is 0 Å². The van der Waals surface area contributed by atoms with E-state index in [1.807, 2.05) is 28.7 Å². The number of rotatable bonds is 3. The van der Waals surface area contributed by atoms with Gasteiger partial charge in [-0.15, -0.1) is 0 Å². The molecule has 2 aromatic carbocycles. The Hall–Kier alpha value is -3.06. The average Bonchev–Trinajstić information content (AvgIpc) is 3.12. The van der Waals surface area contributed by atoms with Gasteiger partial charge in [0.25, 0.3) is 5.69 Å². The third kappa shape index (κ3) is 2.18. The number of nitro groups is 1. The van der Waals surface area contributed by atoms with E-state index in [1.165, 1.54) is 35.6 Å². The van der Waals surface area contributed by atoms with Crippen LogP contribution >= 0.6 is 11.3 Å². The molecule has 0 atom stereocenters. The fourth-order valence-corrected chi connectivity index (χ4v) is 3.40. The zero-order chi connectivity index (χ0) is 16.0. The summed E-state index contributed by atoms with van der Waals surface area (Å²) in [4.78, 5) is 28.5. The van der Waals surface area contributed by atoms with Crippen LogP contribution in [-0.2, 0) is 0 Å². The summed E-state index contributed by atoms with van der Waals surface area (Å²) in [6.07, 6.45) is 1.76. The second-order valence-corrected chi connectivity index (χ2v) is 5.99. The third-order valence-corrected chi connectivity index (χ3v) is 4.56. The number of carbonyl (C=O) groups is 1. The first kappa shape index (κ1) is 13.6. The average molecular weight is 323 g/mol. The molecule has 0 saturated heterocycles. The van der Waals surface area contributed by atoms with Gasteiger partial charge in [0.2, 0.25) is 5.78 Å². The Bertz CT molecular complexity index is 1060. The number of benzene rings is 2. The lowest BCUT2D eigenvalue weighted by Crippen LogP contribution is -1.99. The minimum atomic E-state index is -0.487. The van der Waals surface area contributed by atoms with E-state index in [4.69, 9.17) is 0 Å². The van der Waals surface area contributed by atoms with Crippen molar-refractivity contribution in [3.05, 3.63) is 75.3 Å². The van der Waals surface area contributed by atoms with Crippen molar-refractivity contribution in [2.45, 2.75) is 0 Å². The Morgan fingerprint density at radius 2 is 1.87 bits per heavy atom. The topological polar surface area (TPSA) is 77.5 Å². The molecule has 0 aliphatic rings. The van der Waals surface area contributed by atoms with Crippen molar-refractivity contribution in [3.8, 4) is 0 Å². The van der Waals surface area contributed by atoms with Gasteiger partial charge in [-0.05, 0) is 24.3 Å². The molecule has 0 unspecified atom stereocenters. The van der Waals surface area contributed by atoms with E-state index in [1.54, 1.807) is 6.20 Å². The van der Waals surface area contributed by atoms with Crippen molar-refractivity contribution >= 4 is 38.8 Å². The van der Waals surface area contributed by atoms with Crippen LogP contribution < -0.4 is 0 Å². The smallest absolute Gasteiger partial charge is 0.269 e. The highest BCUT2D eigenvalue weighted by Crippen LogP contribution is 2.25. The van der Waals surface area contributed by atoms with Gasteiger partial charge in [-0.2, -0.15) is 0 Å². The first-order valence-electron chi connectivity index (χ1n) is 6.79. The predicted octanol–water partition coefficient (Wildman–Crippen LogP) is 3.69. The van der Waals surface area contributed by atoms with Crippen molar-refractivity contribution in [3.63, 3.8) is 0 Å². The SMILES string of the molecule is O=C(c1ccc([N+](=O)[O-])cc1)c1cn2c(nc3ccccc32)s1. The molecule has 7 heteroatoms. The molecule has 2 aromatic heterocycles. The Kier molecular flexibility index (Phi) is 2.95. The summed E-state index contributed by atoms with van der Waals surface area (Å²) in [7, 11) is 0. The van der Waals surface area contributed by atoms with Crippen molar-refractivity contribution in [1.29, 1.82) is 0 Å². The number of carbonyl (C=O) groups excluding carboxylic acids is 1. The number of imidazole rings is 1. The lowest BCUT2D eigenvalue weighted by atomic mass is 10.1. The molecule has 0 fully saturated rings. The van der Waals surface area contributed by atoms with E-state index in [0.29, 0.717) is 10.4 Å². The highest BCUT2D eigenvalue weighted by atomic mass is 32.1. The maximum absolute atomic E-state index is 12.5. The van der Waals surface area contributed by atoms with Crippen molar-refractivity contribution < 1.29 is 9.72 Å². The van der Waals surface area contributed by atoms with E-state index < -0.39 is 4.92 Å². The molecular weight excluding hydrogens is 314 g/mol. The molecule has 6 nitrogen and oxygen atoms in total. The van der Waals surface area contributed by atoms with Crippen LogP contribution in [0.3, 0.4) is 0 Å². The number of ketones is 1. The van der Waals surface area contributed by atoms with Gasteiger partial charge < -0.3 is 0 Å². The van der Waals surface area contributed by atoms with E-state index >= 15 is 0 Å². The van der Waals surface area contributed by atoms with Crippen LogP contribution in [0.2, 0.25) is 0 Å². The number of nitro benzene ring substituents is 1. The largest absolute Gasteiger partial charge is 0.289 e. The Morgan fingerprint density at radius 1 is 1.13 bits per heavy atom. The van der Waals surface area contributed by atoms with Crippen LogP contribution in [0.1, 0.15) is 15.2 Å². The number of aromatic nitrogens is 2. The molecule has 0 radical (unpaired) electrons. The van der Waals surface area contributed by atoms with Crippen LogP contribution in [0.15, 0.2) is 54.7 Å². The number of hydrogen-bond acceptors (Lipinski definition) is 5. The number of hydrogen-bond donors (Lipinski definition) is 0. The zero-order valence-electron chi connectivity index (χ0n) is 11.7. The van der Waals surface area contributed by atoms with Crippen LogP contribution in [-0.4, -0.2) is 20.1 Å². The van der Waals surface area contributed by atoms with E-state index in [-0.39, 0.29) is 11.5 Å². The monoisotopic (exact) mass is 323 g/mol. The summed E-state index contributed by atoms with van der Waals surface area (Å²) < 4.78 is 1.89. The number of fused-ring (bicyclic) bond motifs is 3. The zero-order valence-corrected chi connectivity index (χ0v) is 12.5. The quantitative estimate of drug-likeness (QED) is 0.327. The maximum atomic E-state index is 12.5. The Morgan fingerprint density at radius 3 is 2.61 bits per heavy atom. The fraction of sp³-hybridized carbons (Fsp3) is 0. The molecule has 23 heavy (non-hydrogen) atoms. The minimum absolute atomic E-state index is 0.0338. The fourth-order valence-electron chi connectivity index (χ4n) is 2.44. The third-order valence-electron chi connectivity index (χ3n) is 3.58. The molecule has 0 amide bonds. The number of nitrogens with zero attached hydrogens (tertiary/aromatic N) is 3. The maximum Gasteiger partial charge on any atom is 0.269 e. The summed E-state index contributed by atoms with van der Waals surface area (Å²) >= 11 is 1.30. The molecule has 0 spiro atoms. The van der Waals surface area contributed by atoms with Crippen LogP contribution in [0.25, 0.3) is 16.0 Å². The second kappa shape index (κ2) is 4.99. The standard InChI is InChI=1S/C16H9N3O3S/c20-15(10-5-7-11(8-6-10)19(21)22)14-9-18-13-4-2-1-3-12(13)17-16(18)23-14/h1-9H. The highest BCUT2D eigenvalue weighted by molar-refractivity contribution is 7.19. The predicted molar refractivity (Wildman–Crippen MR) is 87.1 cm³/mol. The molecule has 2 heterocycles. The van der Waals surface area contributed by atoms with Gasteiger partial charge in [0.1, 0.15) is 0 Å². The van der Waals surface area contributed by atoms with Gasteiger partial charge in [-0.1, -0.05) is 23.5 Å². The summed E-state index contributed by atoms with van der Waals surface area (Å²) in [6, 6.07) is 13.3. The number of para-hydroxylation sites is 2. The van der Waals surface area contributed by atoms with Crippen molar-refractivity contribution in [1.82, 2.24) is 9.38 Å². The lowest BCUT2D eigenvalue weighted by Gasteiger charge is -1.97. The number of non-ortho nitro benzene ring substituents is 1. The minimum Gasteiger partial charge on any atom is -0.289 e. The van der Waals surface area contributed by atoms with E-state index in [0.717, 1.165) is 16.0 Å². The van der Waals surface area contributed by atoms with E-state index in [9.17, 15) is 14.9 Å².